The highest BCUT2D eigenvalue weighted by molar-refractivity contribution is 9.10. The average Bonchev–Trinajstić information content (AvgIpc) is 2.67. The first-order chi connectivity index (χ1) is 13.1. The van der Waals surface area contributed by atoms with Gasteiger partial charge in [-0.25, -0.2) is 5.43 Å². The van der Waals surface area contributed by atoms with Gasteiger partial charge >= 0.3 is 0 Å². The number of amides is 1. The molecule has 0 saturated heterocycles. The first-order valence-electron chi connectivity index (χ1n) is 8.17. The number of hydrazone groups is 1. The van der Waals surface area contributed by atoms with Crippen LogP contribution in [0.4, 0.5) is 0 Å². The highest BCUT2D eigenvalue weighted by Gasteiger charge is 2.11. The van der Waals surface area contributed by atoms with Gasteiger partial charge in [-0.15, -0.1) is 0 Å². The van der Waals surface area contributed by atoms with Gasteiger partial charge in [0, 0.05) is 9.50 Å². The van der Waals surface area contributed by atoms with Crippen LogP contribution in [0.3, 0.4) is 0 Å². The summed E-state index contributed by atoms with van der Waals surface area (Å²) in [6, 6.07) is 22.1. The zero-order chi connectivity index (χ0) is 19.1. The van der Waals surface area contributed by atoms with Crippen molar-refractivity contribution in [3.8, 4) is 5.75 Å². The summed E-state index contributed by atoms with van der Waals surface area (Å²) in [6.45, 7) is 0.357. The maximum atomic E-state index is 12.4. The van der Waals surface area contributed by atoms with E-state index in [1.54, 1.807) is 30.3 Å². The van der Waals surface area contributed by atoms with E-state index in [4.69, 9.17) is 16.3 Å². The van der Waals surface area contributed by atoms with Crippen LogP contribution < -0.4 is 10.2 Å². The molecule has 6 heteroatoms. The van der Waals surface area contributed by atoms with E-state index in [0.717, 1.165) is 15.6 Å². The minimum Gasteiger partial charge on any atom is -0.488 e. The molecule has 0 heterocycles. The minimum absolute atomic E-state index is 0.349. The van der Waals surface area contributed by atoms with Crippen molar-refractivity contribution in [1.29, 1.82) is 0 Å². The molecule has 0 atom stereocenters. The molecule has 27 heavy (non-hydrogen) atoms. The van der Waals surface area contributed by atoms with Crippen LogP contribution in [0, 0.1) is 0 Å². The van der Waals surface area contributed by atoms with Crippen LogP contribution in [0.1, 0.15) is 21.5 Å². The third-order valence-corrected chi connectivity index (χ3v) is 4.37. The molecule has 0 aromatic heterocycles. The van der Waals surface area contributed by atoms with E-state index in [0.29, 0.717) is 22.9 Å². The van der Waals surface area contributed by atoms with Gasteiger partial charge in [0.2, 0.25) is 0 Å². The summed E-state index contributed by atoms with van der Waals surface area (Å²) in [7, 11) is 0. The van der Waals surface area contributed by atoms with Gasteiger partial charge in [-0.1, -0.05) is 63.9 Å². The van der Waals surface area contributed by atoms with Gasteiger partial charge in [0.05, 0.1) is 11.8 Å². The third kappa shape index (κ3) is 5.67. The van der Waals surface area contributed by atoms with E-state index in [2.05, 4.69) is 26.5 Å². The van der Waals surface area contributed by atoms with Crippen LogP contribution >= 0.6 is 27.5 Å². The molecule has 0 bridgehead atoms. The normalized spacial score (nSPS) is 10.7. The number of para-hydroxylation sites is 1. The molecule has 0 aliphatic rings. The molecular weight excluding hydrogens is 428 g/mol. The summed E-state index contributed by atoms with van der Waals surface area (Å²) in [5.74, 6) is 0.144. The van der Waals surface area contributed by atoms with E-state index in [-0.39, 0.29) is 5.91 Å². The topological polar surface area (TPSA) is 50.7 Å². The van der Waals surface area contributed by atoms with Crippen LogP contribution in [0.2, 0.25) is 5.02 Å². The van der Waals surface area contributed by atoms with Crippen LogP contribution in [-0.4, -0.2) is 12.1 Å². The molecule has 3 rings (SSSR count). The lowest BCUT2D eigenvalue weighted by Gasteiger charge is -2.10. The second-order valence-electron chi connectivity index (χ2n) is 5.67. The fourth-order valence-corrected chi connectivity index (χ4v) is 3.03. The molecule has 4 nitrogen and oxygen atoms in total. The Morgan fingerprint density at radius 3 is 2.70 bits per heavy atom. The molecule has 1 N–H and O–H groups in total. The lowest BCUT2D eigenvalue weighted by atomic mass is 10.2. The second kappa shape index (κ2) is 9.35. The van der Waals surface area contributed by atoms with Crippen molar-refractivity contribution in [2.24, 2.45) is 5.10 Å². The Balaban J connectivity index is 1.66. The molecule has 0 saturated carbocycles. The van der Waals surface area contributed by atoms with E-state index in [1.807, 2.05) is 42.5 Å². The molecular formula is C21H16BrClN2O2. The van der Waals surface area contributed by atoms with E-state index in [9.17, 15) is 4.79 Å². The summed E-state index contributed by atoms with van der Waals surface area (Å²) in [6.07, 6.45) is 1.54. The van der Waals surface area contributed by atoms with Crippen LogP contribution in [0.15, 0.2) is 82.4 Å². The lowest BCUT2D eigenvalue weighted by Crippen LogP contribution is -2.18. The van der Waals surface area contributed by atoms with Crippen molar-refractivity contribution < 1.29 is 9.53 Å². The molecule has 136 valence electrons. The maximum absolute atomic E-state index is 12.4. The average molecular weight is 444 g/mol. The summed E-state index contributed by atoms with van der Waals surface area (Å²) < 4.78 is 6.81. The van der Waals surface area contributed by atoms with Crippen molar-refractivity contribution in [3.63, 3.8) is 0 Å². The van der Waals surface area contributed by atoms with Crippen molar-refractivity contribution in [3.05, 3.63) is 99.0 Å². The van der Waals surface area contributed by atoms with Gasteiger partial charge in [-0.05, 0) is 47.5 Å². The Labute approximate surface area is 171 Å². The van der Waals surface area contributed by atoms with E-state index >= 15 is 0 Å². The standard InChI is InChI=1S/C21H16BrClN2O2/c22-17-7-3-6-16(11-17)14-27-20-10-2-1-9-19(20)21(26)25-24-13-15-5-4-8-18(23)12-15/h1-13H,14H2,(H,25,26). The number of ether oxygens (including phenoxy) is 1. The van der Waals surface area contributed by atoms with E-state index < -0.39 is 0 Å². The monoisotopic (exact) mass is 442 g/mol. The summed E-state index contributed by atoms with van der Waals surface area (Å²) in [4.78, 5) is 12.4. The molecule has 0 fully saturated rings. The van der Waals surface area contributed by atoms with Crippen molar-refractivity contribution in [2.75, 3.05) is 0 Å². The number of carbonyl (C=O) groups is 1. The number of hydrogen-bond donors (Lipinski definition) is 1. The maximum Gasteiger partial charge on any atom is 0.275 e. The molecule has 0 radical (unpaired) electrons. The Bertz CT molecular complexity index is 976. The fraction of sp³-hybridized carbons (Fsp3) is 0.0476. The quantitative estimate of drug-likeness (QED) is 0.407. The number of benzene rings is 3. The van der Waals surface area contributed by atoms with Crippen molar-refractivity contribution >= 4 is 39.7 Å². The van der Waals surface area contributed by atoms with Gasteiger partial charge in [0.25, 0.3) is 5.91 Å². The molecule has 0 aliphatic heterocycles. The zero-order valence-corrected chi connectivity index (χ0v) is 16.6. The molecule has 0 aliphatic carbocycles. The van der Waals surface area contributed by atoms with Gasteiger partial charge in [-0.3, -0.25) is 4.79 Å². The largest absolute Gasteiger partial charge is 0.488 e. The number of nitrogens with zero attached hydrogens (tertiary/aromatic N) is 1. The zero-order valence-electron chi connectivity index (χ0n) is 14.2. The first kappa shape index (κ1) is 19.1. The number of nitrogens with one attached hydrogen (secondary N) is 1. The van der Waals surface area contributed by atoms with Crippen LogP contribution in [0.25, 0.3) is 0 Å². The summed E-state index contributed by atoms with van der Waals surface area (Å²) in [5.41, 5.74) is 4.72. The van der Waals surface area contributed by atoms with E-state index in [1.165, 1.54) is 6.21 Å². The second-order valence-corrected chi connectivity index (χ2v) is 7.02. The van der Waals surface area contributed by atoms with Crippen molar-refractivity contribution in [2.45, 2.75) is 6.61 Å². The molecule has 0 spiro atoms. The van der Waals surface area contributed by atoms with Crippen LogP contribution in [0.5, 0.6) is 5.75 Å². The highest BCUT2D eigenvalue weighted by atomic mass is 79.9. The Morgan fingerprint density at radius 2 is 1.89 bits per heavy atom. The Hall–Kier alpha value is -2.63. The number of halogens is 2. The van der Waals surface area contributed by atoms with Gasteiger partial charge < -0.3 is 4.74 Å². The minimum atomic E-state index is -0.349. The van der Waals surface area contributed by atoms with Crippen LogP contribution in [-0.2, 0) is 6.61 Å². The fourth-order valence-electron chi connectivity index (χ4n) is 2.38. The number of hydrogen-bond acceptors (Lipinski definition) is 3. The lowest BCUT2D eigenvalue weighted by molar-refractivity contribution is 0.0950. The molecule has 3 aromatic carbocycles. The number of carbonyl (C=O) groups excluding carboxylic acids is 1. The molecule has 0 unspecified atom stereocenters. The predicted molar refractivity (Wildman–Crippen MR) is 111 cm³/mol. The predicted octanol–water partition coefficient (Wildman–Crippen LogP) is 5.45. The Morgan fingerprint density at radius 1 is 1.07 bits per heavy atom. The Kier molecular flexibility index (Phi) is 6.63. The molecule has 3 aromatic rings. The highest BCUT2D eigenvalue weighted by Crippen LogP contribution is 2.20. The van der Waals surface area contributed by atoms with Crippen molar-refractivity contribution in [1.82, 2.24) is 5.43 Å². The smallest absolute Gasteiger partial charge is 0.275 e. The third-order valence-electron chi connectivity index (χ3n) is 3.64. The number of rotatable bonds is 6. The van der Waals surface area contributed by atoms with Gasteiger partial charge in [-0.2, -0.15) is 5.10 Å². The van der Waals surface area contributed by atoms with Gasteiger partial charge in [0.1, 0.15) is 12.4 Å². The SMILES string of the molecule is O=C(NN=Cc1cccc(Cl)c1)c1ccccc1OCc1cccc(Br)c1. The summed E-state index contributed by atoms with van der Waals surface area (Å²) >= 11 is 9.36. The van der Waals surface area contributed by atoms with Gasteiger partial charge in [0.15, 0.2) is 0 Å². The summed E-state index contributed by atoms with van der Waals surface area (Å²) in [5, 5.41) is 4.59. The molecule has 1 amide bonds. The first-order valence-corrected chi connectivity index (χ1v) is 9.34.